The van der Waals surface area contributed by atoms with Crippen LogP contribution in [0.25, 0.3) is 0 Å². The first kappa shape index (κ1) is 11.5. The van der Waals surface area contributed by atoms with E-state index in [-0.39, 0.29) is 0 Å². The zero-order chi connectivity index (χ0) is 12.4. The zero-order valence-electron chi connectivity index (χ0n) is 10.7. The lowest BCUT2D eigenvalue weighted by Gasteiger charge is -2.08. The Labute approximate surface area is 107 Å². The molecule has 0 bridgehead atoms. The number of aromatic nitrogens is 4. The minimum Gasteiger partial charge on any atom is -0.338 e. The Hall–Kier alpha value is -1.62. The number of rotatable bonds is 6. The second-order valence-corrected chi connectivity index (χ2v) is 4.90. The highest BCUT2D eigenvalue weighted by Gasteiger charge is 2.20. The Bertz CT molecular complexity index is 509. The van der Waals surface area contributed by atoms with E-state index >= 15 is 0 Å². The van der Waals surface area contributed by atoms with Gasteiger partial charge in [0.25, 0.3) is 0 Å². The number of hydrogen-bond donors (Lipinski definition) is 1. The molecule has 18 heavy (non-hydrogen) atoms. The Kier molecular flexibility index (Phi) is 3.15. The minimum atomic E-state index is 0.727. The third-order valence-electron chi connectivity index (χ3n) is 3.43. The third-order valence-corrected chi connectivity index (χ3v) is 3.43. The summed E-state index contributed by atoms with van der Waals surface area (Å²) < 4.78 is 4.28. The molecule has 2 heterocycles. The molecule has 1 saturated carbocycles. The van der Waals surface area contributed by atoms with E-state index in [2.05, 4.69) is 24.4 Å². The fraction of sp³-hybridized carbons (Fsp3) is 0.538. The van der Waals surface area contributed by atoms with Crippen molar-refractivity contribution >= 4 is 0 Å². The molecule has 0 unspecified atom stereocenters. The quantitative estimate of drug-likeness (QED) is 0.829. The monoisotopic (exact) mass is 245 g/mol. The maximum absolute atomic E-state index is 4.41. The first-order chi connectivity index (χ1) is 8.83. The van der Waals surface area contributed by atoms with Gasteiger partial charge in [-0.05, 0) is 12.8 Å². The van der Waals surface area contributed by atoms with Crippen molar-refractivity contribution in [1.82, 2.24) is 24.4 Å². The van der Waals surface area contributed by atoms with Crippen LogP contribution in [0.1, 0.15) is 24.5 Å². The number of aryl methyl sites for hydroxylation is 3. The molecule has 0 aromatic carbocycles. The molecule has 1 N–H and O–H groups in total. The summed E-state index contributed by atoms with van der Waals surface area (Å²) in [5, 5.41) is 3.50. The van der Waals surface area contributed by atoms with Crippen molar-refractivity contribution in [3.05, 3.63) is 36.4 Å². The second-order valence-electron chi connectivity index (χ2n) is 4.90. The summed E-state index contributed by atoms with van der Waals surface area (Å²) in [7, 11) is 2.03. The van der Waals surface area contributed by atoms with E-state index in [1.54, 1.807) is 0 Å². The van der Waals surface area contributed by atoms with Crippen molar-refractivity contribution in [2.75, 3.05) is 0 Å². The van der Waals surface area contributed by atoms with Gasteiger partial charge < -0.3 is 14.5 Å². The molecule has 0 radical (unpaired) electrons. The Morgan fingerprint density at radius 2 is 2.00 bits per heavy atom. The fourth-order valence-electron chi connectivity index (χ4n) is 2.09. The molecule has 3 rings (SSSR count). The van der Waals surface area contributed by atoms with Gasteiger partial charge in [0.1, 0.15) is 11.6 Å². The lowest BCUT2D eigenvalue weighted by molar-refractivity contribution is 0.580. The van der Waals surface area contributed by atoms with Gasteiger partial charge in [0.2, 0.25) is 0 Å². The van der Waals surface area contributed by atoms with Crippen molar-refractivity contribution in [3.63, 3.8) is 0 Å². The summed E-state index contributed by atoms with van der Waals surface area (Å²) in [5.41, 5.74) is 0. The molecule has 0 saturated heterocycles. The van der Waals surface area contributed by atoms with Gasteiger partial charge in [0, 0.05) is 50.8 Å². The van der Waals surface area contributed by atoms with E-state index in [1.807, 2.05) is 31.8 Å². The third kappa shape index (κ3) is 2.61. The van der Waals surface area contributed by atoms with Gasteiger partial charge in [-0.3, -0.25) is 0 Å². The standard InChI is InChI=1S/C13H19N5/c1-17-8-5-14-12(17)4-7-18-9-6-15-13(18)10-16-11-2-3-11/h5-6,8-9,11,16H,2-4,7,10H2,1H3. The van der Waals surface area contributed by atoms with E-state index in [0.29, 0.717) is 0 Å². The van der Waals surface area contributed by atoms with Crippen LogP contribution in [0.2, 0.25) is 0 Å². The number of nitrogens with one attached hydrogen (secondary N) is 1. The molecule has 0 spiro atoms. The van der Waals surface area contributed by atoms with Crippen LogP contribution >= 0.6 is 0 Å². The van der Waals surface area contributed by atoms with E-state index < -0.39 is 0 Å². The zero-order valence-corrected chi connectivity index (χ0v) is 10.7. The Morgan fingerprint density at radius 1 is 1.22 bits per heavy atom. The average Bonchev–Trinajstić information content (AvgIpc) is 2.94. The number of hydrogen-bond acceptors (Lipinski definition) is 3. The van der Waals surface area contributed by atoms with Gasteiger partial charge in [-0.1, -0.05) is 0 Å². The molecule has 96 valence electrons. The Morgan fingerprint density at radius 3 is 2.72 bits per heavy atom. The largest absolute Gasteiger partial charge is 0.338 e. The molecular formula is C13H19N5. The van der Waals surface area contributed by atoms with E-state index in [4.69, 9.17) is 0 Å². The van der Waals surface area contributed by atoms with Gasteiger partial charge in [-0.25, -0.2) is 9.97 Å². The SMILES string of the molecule is Cn1ccnc1CCn1ccnc1CNC1CC1. The average molecular weight is 245 g/mol. The van der Waals surface area contributed by atoms with Crippen LogP contribution in [-0.2, 0) is 26.6 Å². The minimum absolute atomic E-state index is 0.727. The van der Waals surface area contributed by atoms with Crippen LogP contribution in [0, 0.1) is 0 Å². The molecule has 1 aliphatic rings. The van der Waals surface area contributed by atoms with Crippen LogP contribution < -0.4 is 5.32 Å². The fourth-order valence-corrected chi connectivity index (χ4v) is 2.09. The maximum Gasteiger partial charge on any atom is 0.122 e. The predicted octanol–water partition coefficient (Wildman–Crippen LogP) is 1.11. The van der Waals surface area contributed by atoms with Crippen molar-refractivity contribution in [3.8, 4) is 0 Å². The highest BCUT2D eigenvalue weighted by Crippen LogP contribution is 2.19. The molecule has 5 heteroatoms. The number of imidazole rings is 2. The first-order valence-corrected chi connectivity index (χ1v) is 6.52. The van der Waals surface area contributed by atoms with Gasteiger partial charge in [-0.2, -0.15) is 0 Å². The van der Waals surface area contributed by atoms with E-state index in [1.165, 1.54) is 12.8 Å². The van der Waals surface area contributed by atoms with Crippen molar-refractivity contribution in [1.29, 1.82) is 0 Å². The molecule has 0 aliphatic heterocycles. The van der Waals surface area contributed by atoms with Gasteiger partial charge in [-0.15, -0.1) is 0 Å². The van der Waals surface area contributed by atoms with Crippen molar-refractivity contribution < 1.29 is 0 Å². The molecular weight excluding hydrogens is 226 g/mol. The summed E-state index contributed by atoms with van der Waals surface area (Å²) in [5.74, 6) is 2.24. The van der Waals surface area contributed by atoms with E-state index in [0.717, 1.165) is 37.2 Å². The van der Waals surface area contributed by atoms with Gasteiger partial charge >= 0.3 is 0 Å². The van der Waals surface area contributed by atoms with Crippen molar-refractivity contribution in [2.45, 2.75) is 38.4 Å². The first-order valence-electron chi connectivity index (χ1n) is 6.52. The van der Waals surface area contributed by atoms with Crippen LogP contribution in [0.5, 0.6) is 0 Å². The van der Waals surface area contributed by atoms with E-state index in [9.17, 15) is 0 Å². The summed E-state index contributed by atoms with van der Waals surface area (Å²) in [6.45, 7) is 1.81. The Balaban J connectivity index is 1.58. The van der Waals surface area contributed by atoms with Crippen LogP contribution in [0.3, 0.4) is 0 Å². The van der Waals surface area contributed by atoms with Crippen LogP contribution in [0.4, 0.5) is 0 Å². The molecule has 1 aliphatic carbocycles. The summed E-state index contributed by atoms with van der Waals surface area (Å²) in [6.07, 6.45) is 11.3. The molecule has 0 atom stereocenters. The highest BCUT2D eigenvalue weighted by atomic mass is 15.1. The van der Waals surface area contributed by atoms with Crippen molar-refractivity contribution in [2.24, 2.45) is 7.05 Å². The smallest absolute Gasteiger partial charge is 0.122 e. The molecule has 5 nitrogen and oxygen atoms in total. The molecule has 1 fully saturated rings. The number of nitrogens with zero attached hydrogens (tertiary/aromatic N) is 4. The highest BCUT2D eigenvalue weighted by molar-refractivity contribution is 4.96. The lowest BCUT2D eigenvalue weighted by Crippen LogP contribution is -2.19. The second kappa shape index (κ2) is 4.94. The predicted molar refractivity (Wildman–Crippen MR) is 69.0 cm³/mol. The van der Waals surface area contributed by atoms with Crippen LogP contribution in [-0.4, -0.2) is 25.1 Å². The maximum atomic E-state index is 4.41. The topological polar surface area (TPSA) is 47.7 Å². The van der Waals surface area contributed by atoms with Gasteiger partial charge in [0.05, 0.1) is 6.54 Å². The summed E-state index contributed by atoms with van der Waals surface area (Å²) >= 11 is 0. The molecule has 2 aromatic rings. The van der Waals surface area contributed by atoms with Gasteiger partial charge in [0.15, 0.2) is 0 Å². The normalized spacial score (nSPS) is 15.2. The molecule has 0 amide bonds. The van der Waals surface area contributed by atoms with Crippen LogP contribution in [0.15, 0.2) is 24.8 Å². The molecule has 2 aromatic heterocycles. The lowest BCUT2D eigenvalue weighted by atomic mass is 10.4. The summed E-state index contributed by atoms with van der Waals surface area (Å²) in [6, 6.07) is 0.727. The summed E-state index contributed by atoms with van der Waals surface area (Å²) in [4.78, 5) is 8.75.